The molecule has 0 saturated carbocycles. The van der Waals surface area contributed by atoms with E-state index in [1.54, 1.807) is 13.8 Å². The van der Waals surface area contributed by atoms with Crippen molar-refractivity contribution in [1.29, 1.82) is 0 Å². The number of thiol groups is 2. The van der Waals surface area contributed by atoms with Crippen LogP contribution in [0.1, 0.15) is 33.1 Å². The van der Waals surface area contributed by atoms with E-state index < -0.39 is 34.6 Å². The first-order valence-corrected chi connectivity index (χ1v) is 8.08. The third-order valence-electron chi connectivity index (χ3n) is 2.92. The van der Waals surface area contributed by atoms with Crippen LogP contribution < -0.4 is 16.4 Å². The molecule has 0 radical (unpaired) electrons. The summed E-state index contributed by atoms with van der Waals surface area (Å²) in [6.07, 6.45) is 1.55. The highest BCUT2D eigenvalue weighted by Gasteiger charge is 2.29. The number of carbonyl (C=O) groups excluding carboxylic acids is 2. The first-order valence-electron chi connectivity index (χ1n) is 7.01. The van der Waals surface area contributed by atoms with Gasteiger partial charge in [-0.15, -0.1) is 0 Å². The maximum Gasteiger partial charge on any atom is 0.326 e. The van der Waals surface area contributed by atoms with Crippen molar-refractivity contribution in [2.75, 3.05) is 12.3 Å². The van der Waals surface area contributed by atoms with Gasteiger partial charge >= 0.3 is 5.97 Å². The molecule has 0 aliphatic carbocycles. The second-order valence-corrected chi connectivity index (χ2v) is 6.93. The highest BCUT2D eigenvalue weighted by atomic mass is 32.1. The molecule has 2 atom stereocenters. The quantitative estimate of drug-likeness (QED) is 0.241. The van der Waals surface area contributed by atoms with Crippen molar-refractivity contribution < 1.29 is 19.5 Å². The van der Waals surface area contributed by atoms with Gasteiger partial charge in [0.15, 0.2) is 0 Å². The van der Waals surface area contributed by atoms with Gasteiger partial charge in [0, 0.05) is 5.75 Å². The normalized spacial score (nSPS) is 14.0. The summed E-state index contributed by atoms with van der Waals surface area (Å²) in [6.45, 7) is 3.64. The molecule has 7 nitrogen and oxygen atoms in total. The van der Waals surface area contributed by atoms with Gasteiger partial charge in [0.25, 0.3) is 0 Å². The van der Waals surface area contributed by atoms with Crippen LogP contribution in [0.4, 0.5) is 0 Å². The van der Waals surface area contributed by atoms with Gasteiger partial charge in [0.2, 0.25) is 11.8 Å². The minimum Gasteiger partial charge on any atom is -0.480 e. The zero-order chi connectivity index (χ0) is 17.3. The van der Waals surface area contributed by atoms with E-state index in [0.717, 1.165) is 0 Å². The van der Waals surface area contributed by atoms with Crippen molar-refractivity contribution >= 4 is 43.0 Å². The third-order valence-corrected chi connectivity index (χ3v) is 3.49. The Morgan fingerprint density at radius 1 is 1.18 bits per heavy atom. The summed E-state index contributed by atoms with van der Waals surface area (Å²) in [4.78, 5) is 35.1. The minimum absolute atomic E-state index is 0.0522. The van der Waals surface area contributed by atoms with Crippen LogP contribution in [0.5, 0.6) is 0 Å². The lowest BCUT2D eigenvalue weighted by molar-refractivity contribution is -0.142. The molecule has 22 heavy (non-hydrogen) atoms. The Kier molecular flexibility index (Phi) is 9.54. The molecule has 0 saturated heterocycles. The summed E-state index contributed by atoms with van der Waals surface area (Å²) < 4.78 is -0.950. The number of rotatable bonds is 10. The average Bonchev–Trinajstić information content (AvgIpc) is 2.41. The Hall–Kier alpha value is -0.930. The first kappa shape index (κ1) is 21.1. The van der Waals surface area contributed by atoms with E-state index in [1.807, 2.05) is 0 Å². The Morgan fingerprint density at radius 2 is 1.77 bits per heavy atom. The van der Waals surface area contributed by atoms with Crippen LogP contribution >= 0.6 is 25.3 Å². The van der Waals surface area contributed by atoms with Gasteiger partial charge in [0.1, 0.15) is 12.1 Å². The SMILES string of the molecule is CC(C)(S)C(=O)N[C@@H](CS)C(=O)N[C@@H](CCCCN)C(=O)O. The van der Waals surface area contributed by atoms with Gasteiger partial charge in [-0.3, -0.25) is 9.59 Å². The molecule has 0 aromatic carbocycles. The van der Waals surface area contributed by atoms with Crippen molar-refractivity contribution in [3.05, 3.63) is 0 Å². The second kappa shape index (κ2) is 9.96. The maximum atomic E-state index is 12.1. The minimum atomic E-state index is -1.12. The van der Waals surface area contributed by atoms with E-state index in [4.69, 9.17) is 10.8 Å². The highest BCUT2D eigenvalue weighted by Crippen LogP contribution is 2.12. The fourth-order valence-corrected chi connectivity index (χ4v) is 1.87. The standard InChI is InChI=1S/C13H25N3O4S2/c1-13(2,22)12(20)16-9(7-21)10(17)15-8(11(18)19)5-3-4-6-14/h8-9,21-22H,3-7,14H2,1-2H3,(H,15,17)(H,16,20)(H,18,19)/t8-,9-/m0/s1. The molecule has 0 fully saturated rings. The zero-order valence-electron chi connectivity index (χ0n) is 12.8. The Labute approximate surface area is 141 Å². The van der Waals surface area contributed by atoms with E-state index >= 15 is 0 Å². The van der Waals surface area contributed by atoms with E-state index in [0.29, 0.717) is 19.4 Å². The molecule has 0 rings (SSSR count). The molecular weight excluding hydrogens is 326 g/mol. The summed E-state index contributed by atoms with van der Waals surface area (Å²) in [5.74, 6) is -2.08. The predicted octanol–water partition coefficient (Wildman–Crippen LogP) is -0.192. The molecule has 0 aromatic heterocycles. The number of hydrogen-bond acceptors (Lipinski definition) is 6. The number of nitrogens with two attached hydrogens (primary N) is 1. The molecular formula is C13H25N3O4S2. The number of aliphatic carboxylic acids is 1. The van der Waals surface area contributed by atoms with Gasteiger partial charge in [-0.25, -0.2) is 4.79 Å². The van der Waals surface area contributed by atoms with E-state index in [-0.39, 0.29) is 12.2 Å². The summed E-state index contributed by atoms with van der Waals surface area (Å²) in [7, 11) is 0. The summed E-state index contributed by atoms with van der Waals surface area (Å²) in [5, 5.41) is 14.0. The van der Waals surface area contributed by atoms with Crippen LogP contribution in [-0.2, 0) is 14.4 Å². The van der Waals surface area contributed by atoms with Crippen LogP contribution in [0, 0.1) is 0 Å². The van der Waals surface area contributed by atoms with Crippen molar-refractivity contribution in [3.63, 3.8) is 0 Å². The number of carboxylic acids is 1. The van der Waals surface area contributed by atoms with Crippen molar-refractivity contribution in [1.82, 2.24) is 10.6 Å². The second-order valence-electron chi connectivity index (χ2n) is 5.45. The number of carbonyl (C=O) groups is 3. The smallest absolute Gasteiger partial charge is 0.326 e. The number of amides is 2. The van der Waals surface area contributed by atoms with Gasteiger partial charge in [0.05, 0.1) is 4.75 Å². The molecule has 0 aliphatic heterocycles. The lowest BCUT2D eigenvalue weighted by atomic mass is 10.1. The van der Waals surface area contributed by atoms with Crippen LogP contribution in [0.3, 0.4) is 0 Å². The van der Waals surface area contributed by atoms with Gasteiger partial charge in [-0.05, 0) is 39.7 Å². The maximum absolute atomic E-state index is 12.1. The van der Waals surface area contributed by atoms with Gasteiger partial charge < -0.3 is 21.5 Å². The first-order chi connectivity index (χ1) is 10.1. The molecule has 9 heteroatoms. The molecule has 0 aromatic rings. The molecule has 5 N–H and O–H groups in total. The number of carboxylic acid groups (broad SMARTS) is 1. The molecule has 0 aliphatic rings. The number of hydrogen-bond donors (Lipinski definition) is 6. The topological polar surface area (TPSA) is 122 Å². The summed E-state index contributed by atoms with van der Waals surface area (Å²) in [5.41, 5.74) is 5.36. The average molecular weight is 351 g/mol. The largest absolute Gasteiger partial charge is 0.480 e. The van der Waals surface area contributed by atoms with Crippen LogP contribution in [0.25, 0.3) is 0 Å². The summed E-state index contributed by atoms with van der Waals surface area (Å²) in [6, 6.07) is -1.93. The lowest BCUT2D eigenvalue weighted by Crippen LogP contribution is -2.55. The Bertz CT molecular complexity index is 399. The van der Waals surface area contributed by atoms with E-state index in [9.17, 15) is 14.4 Å². The molecule has 128 valence electrons. The molecule has 0 spiro atoms. The van der Waals surface area contributed by atoms with Crippen molar-refractivity contribution in [2.45, 2.75) is 49.9 Å². The molecule has 0 bridgehead atoms. The zero-order valence-corrected chi connectivity index (χ0v) is 14.6. The fraction of sp³-hybridized carbons (Fsp3) is 0.769. The molecule has 0 unspecified atom stereocenters. The predicted molar refractivity (Wildman–Crippen MR) is 91.3 cm³/mol. The van der Waals surface area contributed by atoms with Gasteiger partial charge in [-0.2, -0.15) is 25.3 Å². The van der Waals surface area contributed by atoms with Crippen LogP contribution in [0.15, 0.2) is 0 Å². The molecule has 0 heterocycles. The van der Waals surface area contributed by atoms with Crippen LogP contribution in [-0.4, -0.2) is 52.0 Å². The highest BCUT2D eigenvalue weighted by molar-refractivity contribution is 7.82. The monoisotopic (exact) mass is 351 g/mol. The third kappa shape index (κ3) is 7.90. The van der Waals surface area contributed by atoms with Crippen molar-refractivity contribution in [3.8, 4) is 0 Å². The van der Waals surface area contributed by atoms with E-state index in [1.165, 1.54) is 0 Å². The lowest BCUT2D eigenvalue weighted by Gasteiger charge is -2.23. The Balaban J connectivity index is 4.67. The summed E-state index contributed by atoms with van der Waals surface area (Å²) >= 11 is 8.14. The number of nitrogens with one attached hydrogen (secondary N) is 2. The van der Waals surface area contributed by atoms with Crippen molar-refractivity contribution in [2.24, 2.45) is 5.73 Å². The van der Waals surface area contributed by atoms with Gasteiger partial charge in [-0.1, -0.05) is 0 Å². The van der Waals surface area contributed by atoms with Crippen LogP contribution in [0.2, 0.25) is 0 Å². The Morgan fingerprint density at radius 3 is 2.18 bits per heavy atom. The fourth-order valence-electron chi connectivity index (χ4n) is 1.55. The van der Waals surface area contributed by atoms with E-state index in [2.05, 4.69) is 35.9 Å². The molecule has 2 amide bonds. The number of unbranched alkanes of at least 4 members (excludes halogenated alkanes) is 1.